The van der Waals surface area contributed by atoms with Crippen LogP contribution in [-0.2, 0) is 0 Å². The van der Waals surface area contributed by atoms with Crippen LogP contribution < -0.4 is 4.74 Å². The summed E-state index contributed by atoms with van der Waals surface area (Å²) in [6.45, 7) is 0.834. The van der Waals surface area contributed by atoms with E-state index in [0.717, 1.165) is 32.1 Å². The van der Waals surface area contributed by atoms with Crippen LogP contribution in [0, 0.1) is 11.3 Å². The molecule has 1 aliphatic heterocycles. The van der Waals surface area contributed by atoms with Crippen molar-refractivity contribution >= 4 is 11.6 Å². The van der Waals surface area contributed by atoms with Crippen molar-refractivity contribution in [2.24, 2.45) is 26.6 Å². The van der Waals surface area contributed by atoms with Gasteiger partial charge in [0.1, 0.15) is 11.4 Å². The normalized spacial score (nSPS) is 21.0. The molecule has 1 aromatic heterocycles. The summed E-state index contributed by atoms with van der Waals surface area (Å²) >= 11 is 0. The highest BCUT2D eigenvalue weighted by molar-refractivity contribution is 6.00. The maximum atomic E-state index is 13.0. The maximum absolute atomic E-state index is 13.0. The third-order valence-electron chi connectivity index (χ3n) is 5.57. The van der Waals surface area contributed by atoms with Gasteiger partial charge in [0.15, 0.2) is 24.9 Å². The van der Waals surface area contributed by atoms with Crippen molar-refractivity contribution in [1.29, 1.82) is 0 Å². The summed E-state index contributed by atoms with van der Waals surface area (Å²) in [6.07, 6.45) is 1.99. The van der Waals surface area contributed by atoms with Gasteiger partial charge in [0.25, 0.3) is 0 Å². The van der Waals surface area contributed by atoms with Gasteiger partial charge in [-0.25, -0.2) is 4.99 Å². The molecule has 2 fully saturated rings. The Balaban J connectivity index is 1.54. The Morgan fingerprint density at radius 2 is 2.00 bits per heavy atom. The van der Waals surface area contributed by atoms with Crippen LogP contribution in [-0.4, -0.2) is 36.1 Å². The zero-order valence-electron chi connectivity index (χ0n) is 16.2. The number of amidine groups is 1. The highest BCUT2D eigenvalue weighted by Crippen LogP contribution is 2.46. The first-order valence-corrected chi connectivity index (χ1v) is 9.89. The Kier molecular flexibility index (Phi) is 5.16. The molecule has 0 spiro atoms. The summed E-state index contributed by atoms with van der Waals surface area (Å²) in [4.78, 5) is 21.6. The lowest BCUT2D eigenvalue weighted by atomic mass is 9.78. The van der Waals surface area contributed by atoms with Crippen LogP contribution >= 0.6 is 0 Å². The topological polar surface area (TPSA) is 76.3 Å². The Labute approximate surface area is 166 Å². The predicted molar refractivity (Wildman–Crippen MR) is 99.3 cm³/mol. The van der Waals surface area contributed by atoms with E-state index in [4.69, 9.17) is 4.74 Å². The number of hydrogen-bond donors (Lipinski definition) is 0. The van der Waals surface area contributed by atoms with Crippen molar-refractivity contribution in [2.45, 2.75) is 57.5 Å². The third kappa shape index (κ3) is 5.00. The average Bonchev–Trinajstić information content (AvgIpc) is 3.59. The van der Waals surface area contributed by atoms with Crippen LogP contribution in [0.4, 0.5) is 13.2 Å². The number of pyridine rings is 1. The molecule has 29 heavy (non-hydrogen) atoms. The number of carbonyl (C=O) groups excluding carboxylic acids is 1. The van der Waals surface area contributed by atoms with Crippen LogP contribution in [0.25, 0.3) is 0 Å². The van der Waals surface area contributed by atoms with E-state index in [1.807, 2.05) is 6.92 Å². The largest absolute Gasteiger partial charge is 0.484 e. The number of hydrogen-bond acceptors (Lipinski definition) is 6. The second-order valence-electron chi connectivity index (χ2n) is 8.46. The number of rotatable bonds is 9. The molecule has 1 aromatic rings. The van der Waals surface area contributed by atoms with Gasteiger partial charge in [0.2, 0.25) is 0 Å². The zero-order chi connectivity index (χ0) is 20.6. The quantitative estimate of drug-likeness (QED) is 0.533. The maximum Gasteiger partial charge on any atom is 0.422 e. The third-order valence-corrected chi connectivity index (χ3v) is 5.57. The van der Waals surface area contributed by atoms with Crippen LogP contribution in [0.3, 0.4) is 0 Å². The Bertz CT molecular complexity index is 860. The lowest BCUT2D eigenvalue weighted by Gasteiger charge is -2.26. The molecule has 1 unspecified atom stereocenters. The second-order valence-corrected chi connectivity index (χ2v) is 8.46. The van der Waals surface area contributed by atoms with Crippen molar-refractivity contribution in [3.05, 3.63) is 23.5 Å². The molecule has 2 saturated carbocycles. The van der Waals surface area contributed by atoms with Crippen molar-refractivity contribution in [1.82, 2.24) is 4.98 Å². The van der Waals surface area contributed by atoms with E-state index in [2.05, 4.69) is 20.2 Å². The fourth-order valence-corrected chi connectivity index (χ4v) is 3.77. The Morgan fingerprint density at radius 1 is 1.24 bits per heavy atom. The first-order valence-electron chi connectivity index (χ1n) is 9.89. The number of Topliss-reactive ketones (excluding diaryl/α,β-unsaturated/α-hetero) is 1. The number of ether oxygens (including phenoxy) is 1. The number of azo groups is 1. The van der Waals surface area contributed by atoms with Crippen LogP contribution in [0.1, 0.15) is 67.4 Å². The minimum atomic E-state index is -4.44. The van der Waals surface area contributed by atoms with Gasteiger partial charge in [0.05, 0.1) is 0 Å². The zero-order valence-corrected chi connectivity index (χ0v) is 16.2. The number of carbonyl (C=O) groups is 1. The van der Waals surface area contributed by atoms with Gasteiger partial charge in [-0.15, -0.1) is 5.11 Å². The van der Waals surface area contributed by atoms with E-state index in [-0.39, 0.29) is 36.2 Å². The molecule has 0 saturated heterocycles. The van der Waals surface area contributed by atoms with E-state index in [1.54, 1.807) is 0 Å². The number of ketones is 1. The highest BCUT2D eigenvalue weighted by Gasteiger charge is 2.41. The number of nitrogens with zero attached hydrogens (tertiary/aromatic N) is 4. The summed E-state index contributed by atoms with van der Waals surface area (Å²) in [5, 5.41) is 8.01. The molecular formula is C20H23F3N4O2. The molecule has 1 atom stereocenters. The van der Waals surface area contributed by atoms with Crippen molar-refractivity contribution in [3.8, 4) is 5.75 Å². The molecule has 0 aromatic carbocycles. The molecule has 0 radical (unpaired) electrons. The first kappa shape index (κ1) is 20.0. The van der Waals surface area contributed by atoms with E-state index >= 15 is 0 Å². The SMILES string of the molecule is CC(CC(=O)c1cc(OCC(F)(F)F)c(C2CC2)cn1)(CC1CC1)C1=NCN=N1. The fourth-order valence-electron chi connectivity index (χ4n) is 3.77. The average molecular weight is 408 g/mol. The molecule has 2 aliphatic carbocycles. The predicted octanol–water partition coefficient (Wildman–Crippen LogP) is 5.10. The summed E-state index contributed by atoms with van der Waals surface area (Å²) in [6, 6.07) is 1.36. The highest BCUT2D eigenvalue weighted by atomic mass is 19.4. The number of aliphatic imine (C=N–C) groups is 1. The van der Waals surface area contributed by atoms with Gasteiger partial charge in [-0.1, -0.05) is 19.8 Å². The molecule has 6 nitrogen and oxygen atoms in total. The molecular weight excluding hydrogens is 385 g/mol. The Morgan fingerprint density at radius 3 is 2.59 bits per heavy atom. The molecule has 156 valence electrons. The molecule has 4 rings (SSSR count). The molecule has 3 aliphatic rings. The van der Waals surface area contributed by atoms with Gasteiger partial charge < -0.3 is 4.74 Å². The summed E-state index contributed by atoms with van der Waals surface area (Å²) in [5.41, 5.74) is 0.201. The number of alkyl halides is 3. The standard InChI is InChI=1S/C20H23F3N4O2/c1-19(7-12-2-3-12,18-25-11-26-27-18)8-16(28)15-6-17(29-10-20(21,22)23)14(9-24-15)13-4-5-13/h6,9,12-13H,2-5,7-8,10-11H2,1H3. The van der Waals surface area contributed by atoms with Crippen molar-refractivity contribution in [3.63, 3.8) is 0 Å². The van der Waals surface area contributed by atoms with E-state index in [9.17, 15) is 18.0 Å². The molecule has 9 heteroatoms. The minimum Gasteiger partial charge on any atom is -0.484 e. The van der Waals surface area contributed by atoms with Crippen LogP contribution in [0.2, 0.25) is 0 Å². The van der Waals surface area contributed by atoms with Gasteiger partial charge in [0, 0.05) is 29.7 Å². The minimum absolute atomic E-state index is 0.102. The lowest BCUT2D eigenvalue weighted by molar-refractivity contribution is -0.153. The van der Waals surface area contributed by atoms with E-state index in [0.29, 0.717) is 17.3 Å². The van der Waals surface area contributed by atoms with Crippen molar-refractivity contribution in [2.75, 3.05) is 13.3 Å². The lowest BCUT2D eigenvalue weighted by Crippen LogP contribution is -2.30. The summed E-state index contributed by atoms with van der Waals surface area (Å²) < 4.78 is 42.9. The molecule has 0 N–H and O–H groups in total. The molecule has 0 amide bonds. The second kappa shape index (κ2) is 7.50. The fraction of sp³-hybridized carbons (Fsp3) is 0.650. The van der Waals surface area contributed by atoms with E-state index < -0.39 is 18.2 Å². The number of aromatic nitrogens is 1. The van der Waals surface area contributed by atoms with Crippen LogP contribution in [0.15, 0.2) is 27.5 Å². The first-order chi connectivity index (χ1) is 13.7. The monoisotopic (exact) mass is 408 g/mol. The van der Waals surface area contributed by atoms with Gasteiger partial charge >= 0.3 is 6.18 Å². The van der Waals surface area contributed by atoms with Crippen LogP contribution in [0.5, 0.6) is 5.75 Å². The Hall–Kier alpha value is -2.32. The molecule has 2 heterocycles. The van der Waals surface area contributed by atoms with Gasteiger partial charge in [-0.05, 0) is 31.1 Å². The summed E-state index contributed by atoms with van der Waals surface area (Å²) in [7, 11) is 0. The van der Waals surface area contributed by atoms with Crippen molar-refractivity contribution < 1.29 is 22.7 Å². The smallest absolute Gasteiger partial charge is 0.422 e. The van der Waals surface area contributed by atoms with Gasteiger partial charge in [-0.3, -0.25) is 9.78 Å². The van der Waals surface area contributed by atoms with Gasteiger partial charge in [-0.2, -0.15) is 18.3 Å². The number of halogens is 3. The molecule has 0 bridgehead atoms. The van der Waals surface area contributed by atoms with E-state index in [1.165, 1.54) is 12.3 Å². The summed E-state index contributed by atoms with van der Waals surface area (Å²) in [5.74, 6) is 1.12.